The zero-order valence-corrected chi connectivity index (χ0v) is 7.52. The summed E-state index contributed by atoms with van der Waals surface area (Å²) < 4.78 is 2.58. The van der Waals surface area contributed by atoms with E-state index in [-0.39, 0.29) is 0 Å². The van der Waals surface area contributed by atoms with Crippen LogP contribution in [0.1, 0.15) is 0 Å². The second kappa shape index (κ2) is 2.27. The van der Waals surface area contributed by atoms with E-state index in [4.69, 9.17) is 0 Å². The van der Waals surface area contributed by atoms with Crippen LogP contribution in [0.15, 0.2) is 12.2 Å². The molecule has 0 radical (unpaired) electrons. The first-order valence-corrected chi connectivity index (χ1v) is 6.95. The van der Waals surface area contributed by atoms with Gasteiger partial charge in [-0.1, -0.05) is 31.8 Å². The van der Waals surface area contributed by atoms with E-state index in [0.717, 1.165) is 0 Å². The van der Waals surface area contributed by atoms with Gasteiger partial charge >= 0.3 is 0 Å². The molecule has 52 valence electrons. The zero-order valence-electron chi connectivity index (χ0n) is 6.52. The van der Waals surface area contributed by atoms with Gasteiger partial charge in [-0.3, -0.25) is 0 Å². The Hall–Kier alpha value is -0.0831. The summed E-state index contributed by atoms with van der Waals surface area (Å²) in [6.45, 7) is 9.55. The molecule has 0 aromatic carbocycles. The maximum atomic E-state index is 2.58. The van der Waals surface area contributed by atoms with Crippen LogP contribution < -0.4 is 0 Å². The average Bonchev–Trinajstić information content (AvgIpc) is 2.08. The van der Waals surface area contributed by atoms with Gasteiger partial charge < -0.3 is 4.57 Å². The van der Waals surface area contributed by atoms with Crippen molar-refractivity contribution >= 4 is 8.24 Å². The van der Waals surface area contributed by atoms with Crippen molar-refractivity contribution in [1.82, 2.24) is 4.57 Å². The summed E-state index contributed by atoms with van der Waals surface area (Å²) in [5.41, 5.74) is 0. The molecule has 1 aliphatic heterocycles. The Morgan fingerprint density at radius 1 is 1.11 bits per heavy atom. The Bertz CT molecular complexity index is 115. The Labute approximate surface area is 58.5 Å². The van der Waals surface area contributed by atoms with E-state index in [1.165, 1.54) is 13.1 Å². The second-order valence-corrected chi connectivity index (χ2v) is 8.52. The molecule has 0 bridgehead atoms. The monoisotopic (exact) mass is 141 g/mol. The summed E-state index contributed by atoms with van der Waals surface area (Å²) in [4.78, 5) is 0. The molecular weight excluding hydrogens is 126 g/mol. The van der Waals surface area contributed by atoms with Crippen molar-refractivity contribution < 1.29 is 0 Å². The van der Waals surface area contributed by atoms with Gasteiger partial charge in [0.1, 0.15) is 8.24 Å². The predicted octanol–water partition coefficient (Wildman–Crippen LogP) is 1.69. The zero-order chi connectivity index (χ0) is 6.91. The average molecular weight is 141 g/mol. The Morgan fingerprint density at radius 3 is 1.78 bits per heavy atom. The summed E-state index contributed by atoms with van der Waals surface area (Å²) in [6, 6.07) is 0. The van der Waals surface area contributed by atoms with Crippen LogP contribution in [0.5, 0.6) is 0 Å². The molecule has 0 amide bonds. The molecule has 0 unspecified atom stereocenters. The Morgan fingerprint density at radius 2 is 1.56 bits per heavy atom. The number of hydrogen-bond donors (Lipinski definition) is 0. The molecule has 0 atom stereocenters. The molecule has 1 rings (SSSR count). The van der Waals surface area contributed by atoms with Gasteiger partial charge in [-0.2, -0.15) is 0 Å². The van der Waals surface area contributed by atoms with Crippen molar-refractivity contribution in [2.75, 3.05) is 13.1 Å². The fourth-order valence-electron chi connectivity index (χ4n) is 1.03. The molecule has 2 heteroatoms. The topological polar surface area (TPSA) is 3.24 Å². The summed E-state index contributed by atoms with van der Waals surface area (Å²) in [5.74, 6) is 0. The molecule has 1 nitrogen and oxygen atoms in total. The van der Waals surface area contributed by atoms with Gasteiger partial charge in [0.25, 0.3) is 0 Å². The van der Waals surface area contributed by atoms with E-state index in [0.29, 0.717) is 0 Å². The summed E-state index contributed by atoms with van der Waals surface area (Å²) in [7, 11) is -0.953. The summed E-state index contributed by atoms with van der Waals surface area (Å²) in [5, 5.41) is 0. The highest BCUT2D eigenvalue weighted by atomic mass is 28.3. The maximum absolute atomic E-state index is 2.58. The smallest absolute Gasteiger partial charge is 0.119 e. The van der Waals surface area contributed by atoms with E-state index >= 15 is 0 Å². The molecule has 0 aromatic rings. The molecule has 0 saturated carbocycles. The van der Waals surface area contributed by atoms with Gasteiger partial charge in [0, 0.05) is 13.1 Å². The third-order valence-corrected chi connectivity index (χ3v) is 4.03. The molecule has 9 heavy (non-hydrogen) atoms. The highest BCUT2D eigenvalue weighted by Crippen LogP contribution is 2.11. The molecule has 0 aliphatic carbocycles. The molecule has 0 saturated heterocycles. The minimum atomic E-state index is -0.953. The SMILES string of the molecule is C[Si](C)(C)N1CC=CC1. The molecule has 0 fully saturated rings. The van der Waals surface area contributed by atoms with Crippen LogP contribution in [0.4, 0.5) is 0 Å². The molecule has 1 heterocycles. The molecule has 0 spiro atoms. The highest BCUT2D eigenvalue weighted by molar-refractivity contribution is 6.73. The van der Waals surface area contributed by atoms with Gasteiger partial charge in [0.2, 0.25) is 0 Å². The minimum absolute atomic E-state index is 0.953. The first-order chi connectivity index (χ1) is 4.11. The van der Waals surface area contributed by atoms with Crippen LogP contribution in [-0.4, -0.2) is 25.9 Å². The molecular formula is C7H15NSi. The van der Waals surface area contributed by atoms with Crippen LogP contribution >= 0.6 is 0 Å². The molecule has 0 N–H and O–H groups in total. The van der Waals surface area contributed by atoms with Crippen molar-refractivity contribution in [2.45, 2.75) is 19.6 Å². The molecule has 0 aromatic heterocycles. The van der Waals surface area contributed by atoms with Crippen LogP contribution in [-0.2, 0) is 0 Å². The van der Waals surface area contributed by atoms with E-state index < -0.39 is 8.24 Å². The van der Waals surface area contributed by atoms with Crippen molar-refractivity contribution in [1.29, 1.82) is 0 Å². The minimum Gasteiger partial charge on any atom is -0.317 e. The number of hydrogen-bond acceptors (Lipinski definition) is 1. The van der Waals surface area contributed by atoms with E-state index in [1.54, 1.807) is 0 Å². The first kappa shape index (κ1) is 7.03. The van der Waals surface area contributed by atoms with Gasteiger partial charge in [-0.15, -0.1) is 0 Å². The van der Waals surface area contributed by atoms with E-state index in [1.807, 2.05) is 0 Å². The van der Waals surface area contributed by atoms with Crippen molar-refractivity contribution in [3.63, 3.8) is 0 Å². The van der Waals surface area contributed by atoms with Gasteiger partial charge in [-0.05, 0) is 0 Å². The predicted molar refractivity (Wildman–Crippen MR) is 44.1 cm³/mol. The Balaban J connectivity index is 2.46. The lowest BCUT2D eigenvalue weighted by molar-refractivity contribution is 0.545. The lowest BCUT2D eigenvalue weighted by Crippen LogP contribution is -2.44. The second-order valence-electron chi connectivity index (χ2n) is 3.55. The van der Waals surface area contributed by atoms with Crippen molar-refractivity contribution in [2.24, 2.45) is 0 Å². The van der Waals surface area contributed by atoms with Gasteiger partial charge in [0.05, 0.1) is 0 Å². The van der Waals surface area contributed by atoms with Crippen molar-refractivity contribution in [3.8, 4) is 0 Å². The first-order valence-electron chi connectivity index (χ1n) is 3.51. The normalized spacial score (nSPS) is 21.2. The van der Waals surface area contributed by atoms with Gasteiger partial charge in [-0.25, -0.2) is 0 Å². The van der Waals surface area contributed by atoms with Crippen LogP contribution in [0.3, 0.4) is 0 Å². The van der Waals surface area contributed by atoms with E-state index in [9.17, 15) is 0 Å². The quantitative estimate of drug-likeness (QED) is 0.397. The third-order valence-electron chi connectivity index (χ3n) is 1.77. The van der Waals surface area contributed by atoms with Crippen LogP contribution in [0.25, 0.3) is 0 Å². The molecule has 1 aliphatic rings. The third kappa shape index (κ3) is 1.66. The summed E-state index contributed by atoms with van der Waals surface area (Å²) >= 11 is 0. The van der Waals surface area contributed by atoms with Crippen LogP contribution in [0, 0.1) is 0 Å². The van der Waals surface area contributed by atoms with E-state index in [2.05, 4.69) is 36.4 Å². The van der Waals surface area contributed by atoms with Gasteiger partial charge in [0.15, 0.2) is 0 Å². The Kier molecular flexibility index (Phi) is 1.77. The lowest BCUT2D eigenvalue weighted by atomic mass is 10.6. The largest absolute Gasteiger partial charge is 0.317 e. The standard InChI is InChI=1S/C7H15NSi/c1-9(2,3)8-6-4-5-7-8/h4-5H,6-7H2,1-3H3. The highest BCUT2D eigenvalue weighted by Gasteiger charge is 2.23. The van der Waals surface area contributed by atoms with Crippen molar-refractivity contribution in [3.05, 3.63) is 12.2 Å². The number of rotatable bonds is 1. The fourth-order valence-corrected chi connectivity index (χ4v) is 2.33. The maximum Gasteiger partial charge on any atom is 0.119 e. The van der Waals surface area contributed by atoms with Crippen LogP contribution in [0.2, 0.25) is 19.6 Å². The summed E-state index contributed by atoms with van der Waals surface area (Å²) in [6.07, 6.45) is 4.52. The lowest BCUT2D eigenvalue weighted by Gasteiger charge is -2.28. The fraction of sp³-hybridized carbons (Fsp3) is 0.714. The number of nitrogens with zero attached hydrogens (tertiary/aromatic N) is 1.